The van der Waals surface area contributed by atoms with Crippen molar-refractivity contribution in [3.8, 4) is 17.6 Å². The zero-order valence-corrected chi connectivity index (χ0v) is 17.9. The van der Waals surface area contributed by atoms with E-state index in [1.54, 1.807) is 18.2 Å². The number of ether oxygens (including phenoxy) is 3. The van der Waals surface area contributed by atoms with E-state index in [1.807, 2.05) is 4.90 Å². The SMILES string of the molecule is CC(C)[C@H]1COC(=O)N1CCC1CCN(CC2COc3ccc(C#N)cc3O2)CC1. The van der Waals surface area contributed by atoms with Crippen LogP contribution in [0.4, 0.5) is 4.79 Å². The highest BCUT2D eigenvalue weighted by molar-refractivity contribution is 5.70. The number of nitrogens with zero attached hydrogens (tertiary/aromatic N) is 3. The van der Waals surface area contributed by atoms with Crippen molar-refractivity contribution in [3.05, 3.63) is 23.8 Å². The summed E-state index contributed by atoms with van der Waals surface area (Å²) in [5, 5.41) is 9.08. The molecule has 0 spiro atoms. The second kappa shape index (κ2) is 9.13. The molecule has 1 aromatic carbocycles. The average Bonchev–Trinajstić information content (AvgIpc) is 3.13. The van der Waals surface area contributed by atoms with Gasteiger partial charge >= 0.3 is 6.09 Å². The Hall–Kier alpha value is -2.46. The van der Waals surface area contributed by atoms with E-state index in [-0.39, 0.29) is 18.2 Å². The van der Waals surface area contributed by atoms with Crippen LogP contribution in [0.2, 0.25) is 0 Å². The number of carbonyl (C=O) groups is 1. The monoisotopic (exact) mass is 413 g/mol. The zero-order chi connectivity index (χ0) is 21.1. The van der Waals surface area contributed by atoms with Gasteiger partial charge in [0.2, 0.25) is 0 Å². The lowest BCUT2D eigenvalue weighted by atomic mass is 9.92. The van der Waals surface area contributed by atoms with E-state index in [1.165, 1.54) is 0 Å². The fourth-order valence-corrected chi connectivity index (χ4v) is 4.62. The fraction of sp³-hybridized carbons (Fsp3) is 0.652. The van der Waals surface area contributed by atoms with Crippen LogP contribution in [0.5, 0.6) is 11.5 Å². The predicted octanol–water partition coefficient (Wildman–Crippen LogP) is 3.28. The topological polar surface area (TPSA) is 75.0 Å². The Morgan fingerprint density at radius 3 is 2.70 bits per heavy atom. The molecule has 0 saturated carbocycles. The Labute approximate surface area is 178 Å². The minimum atomic E-state index is -0.152. The molecule has 0 aliphatic carbocycles. The van der Waals surface area contributed by atoms with E-state index in [9.17, 15) is 4.79 Å². The number of fused-ring (bicyclic) bond motifs is 1. The first kappa shape index (κ1) is 20.8. The Morgan fingerprint density at radius 2 is 1.97 bits per heavy atom. The lowest BCUT2D eigenvalue weighted by Crippen LogP contribution is -2.44. The third-order valence-corrected chi connectivity index (χ3v) is 6.52. The summed E-state index contributed by atoms with van der Waals surface area (Å²) < 4.78 is 17.2. The maximum atomic E-state index is 12.0. The summed E-state index contributed by atoms with van der Waals surface area (Å²) >= 11 is 0. The molecule has 2 atom stereocenters. The molecule has 0 radical (unpaired) electrons. The van der Waals surface area contributed by atoms with Gasteiger partial charge in [-0.25, -0.2) is 4.79 Å². The van der Waals surface area contributed by atoms with Crippen LogP contribution in [-0.2, 0) is 4.74 Å². The quantitative estimate of drug-likeness (QED) is 0.713. The number of piperidine rings is 1. The Balaban J connectivity index is 1.22. The van der Waals surface area contributed by atoms with Crippen molar-refractivity contribution in [1.29, 1.82) is 5.26 Å². The van der Waals surface area contributed by atoms with Crippen LogP contribution in [0.15, 0.2) is 18.2 Å². The van der Waals surface area contributed by atoms with Crippen LogP contribution in [0.25, 0.3) is 0 Å². The van der Waals surface area contributed by atoms with Gasteiger partial charge in [0.1, 0.15) is 19.3 Å². The van der Waals surface area contributed by atoms with Gasteiger partial charge in [-0.05, 0) is 56.3 Å². The molecule has 1 amide bonds. The lowest BCUT2D eigenvalue weighted by molar-refractivity contribution is 0.0464. The summed E-state index contributed by atoms with van der Waals surface area (Å²) in [4.78, 5) is 16.4. The third-order valence-electron chi connectivity index (χ3n) is 6.52. The van der Waals surface area contributed by atoms with Gasteiger partial charge in [0, 0.05) is 19.2 Å². The van der Waals surface area contributed by atoms with Gasteiger partial charge < -0.3 is 19.1 Å². The van der Waals surface area contributed by atoms with Crippen molar-refractivity contribution in [3.63, 3.8) is 0 Å². The highest BCUT2D eigenvalue weighted by Crippen LogP contribution is 2.33. The number of amides is 1. The number of benzene rings is 1. The Bertz CT molecular complexity index is 798. The number of likely N-dealkylation sites (tertiary alicyclic amines) is 1. The van der Waals surface area contributed by atoms with Gasteiger partial charge in [-0.3, -0.25) is 4.90 Å². The standard InChI is InChI=1S/C23H31N3O4/c1-16(2)20-15-29-23(27)26(20)10-7-17-5-8-25(9-6-17)13-19-14-28-21-4-3-18(12-24)11-22(21)30-19/h3-4,11,16-17,19-20H,5-10,13-15H2,1-2H3/t19?,20-/m1/s1. The molecule has 1 unspecified atom stereocenters. The summed E-state index contributed by atoms with van der Waals surface area (Å²) in [6.07, 6.45) is 3.14. The molecule has 1 aromatic rings. The van der Waals surface area contributed by atoms with E-state index in [4.69, 9.17) is 19.5 Å². The molecule has 162 valence electrons. The summed E-state index contributed by atoms with van der Waals surface area (Å²) in [5.41, 5.74) is 0.584. The Morgan fingerprint density at radius 1 is 1.17 bits per heavy atom. The van der Waals surface area contributed by atoms with Crippen LogP contribution >= 0.6 is 0 Å². The molecule has 30 heavy (non-hydrogen) atoms. The van der Waals surface area contributed by atoms with Crippen molar-refractivity contribution in [1.82, 2.24) is 9.80 Å². The number of hydrogen-bond acceptors (Lipinski definition) is 6. The number of carbonyl (C=O) groups excluding carboxylic acids is 1. The second-order valence-corrected chi connectivity index (χ2v) is 8.94. The molecule has 3 aliphatic rings. The lowest BCUT2D eigenvalue weighted by Gasteiger charge is -2.36. The van der Waals surface area contributed by atoms with Crippen molar-refractivity contribution >= 4 is 6.09 Å². The number of hydrogen-bond donors (Lipinski definition) is 0. The maximum absolute atomic E-state index is 12.0. The molecule has 3 aliphatic heterocycles. The molecule has 0 N–H and O–H groups in total. The molecule has 7 nitrogen and oxygen atoms in total. The molecular weight excluding hydrogens is 382 g/mol. The normalized spacial score (nSPS) is 24.7. The molecule has 2 saturated heterocycles. The van der Waals surface area contributed by atoms with Gasteiger partial charge in [0.15, 0.2) is 11.5 Å². The number of rotatable bonds is 6. The molecule has 7 heteroatoms. The van der Waals surface area contributed by atoms with Crippen molar-refractivity contribution < 1.29 is 19.0 Å². The molecule has 0 aromatic heterocycles. The first-order valence-corrected chi connectivity index (χ1v) is 11.0. The summed E-state index contributed by atoms with van der Waals surface area (Å²) in [7, 11) is 0. The molecule has 2 fully saturated rings. The van der Waals surface area contributed by atoms with E-state index >= 15 is 0 Å². The van der Waals surface area contributed by atoms with E-state index in [0.29, 0.717) is 42.1 Å². The Kier molecular flexibility index (Phi) is 6.33. The van der Waals surface area contributed by atoms with Crippen molar-refractivity contribution in [2.75, 3.05) is 39.4 Å². The third kappa shape index (κ3) is 4.65. The van der Waals surface area contributed by atoms with Gasteiger partial charge in [-0.1, -0.05) is 13.8 Å². The highest BCUT2D eigenvalue weighted by atomic mass is 16.6. The minimum absolute atomic E-state index is 0.0193. The van der Waals surface area contributed by atoms with Crippen LogP contribution < -0.4 is 9.47 Å². The van der Waals surface area contributed by atoms with Crippen LogP contribution in [0.1, 0.15) is 38.7 Å². The molecular formula is C23H31N3O4. The first-order chi connectivity index (χ1) is 14.5. The predicted molar refractivity (Wildman–Crippen MR) is 112 cm³/mol. The summed E-state index contributed by atoms with van der Waals surface area (Å²) in [5.74, 6) is 2.44. The largest absolute Gasteiger partial charge is 0.486 e. The van der Waals surface area contributed by atoms with Gasteiger partial charge in [0.05, 0.1) is 17.7 Å². The minimum Gasteiger partial charge on any atom is -0.486 e. The van der Waals surface area contributed by atoms with E-state index in [2.05, 4.69) is 24.8 Å². The fourth-order valence-electron chi connectivity index (χ4n) is 4.62. The highest BCUT2D eigenvalue weighted by Gasteiger charge is 2.35. The zero-order valence-electron chi connectivity index (χ0n) is 17.9. The van der Waals surface area contributed by atoms with Gasteiger partial charge in [0.25, 0.3) is 0 Å². The second-order valence-electron chi connectivity index (χ2n) is 8.94. The van der Waals surface area contributed by atoms with E-state index in [0.717, 1.165) is 45.4 Å². The number of cyclic esters (lactones) is 1. The maximum Gasteiger partial charge on any atom is 0.410 e. The van der Waals surface area contributed by atoms with Crippen LogP contribution in [0.3, 0.4) is 0 Å². The van der Waals surface area contributed by atoms with Gasteiger partial charge in [-0.2, -0.15) is 5.26 Å². The molecule has 3 heterocycles. The molecule has 0 bridgehead atoms. The van der Waals surface area contributed by atoms with E-state index < -0.39 is 0 Å². The van der Waals surface area contributed by atoms with Crippen molar-refractivity contribution in [2.24, 2.45) is 11.8 Å². The summed E-state index contributed by atoms with van der Waals surface area (Å²) in [6, 6.07) is 7.66. The van der Waals surface area contributed by atoms with Gasteiger partial charge in [-0.15, -0.1) is 0 Å². The smallest absolute Gasteiger partial charge is 0.410 e. The number of nitriles is 1. The van der Waals surface area contributed by atoms with Crippen LogP contribution in [-0.4, -0.2) is 67.4 Å². The average molecular weight is 414 g/mol. The van der Waals surface area contributed by atoms with Crippen molar-refractivity contribution in [2.45, 2.75) is 45.3 Å². The first-order valence-electron chi connectivity index (χ1n) is 11.0. The van der Waals surface area contributed by atoms with Crippen LogP contribution in [0, 0.1) is 23.2 Å². The molecule has 4 rings (SSSR count). The summed E-state index contributed by atoms with van der Waals surface area (Å²) in [6.45, 7) is 9.05.